The van der Waals surface area contributed by atoms with Crippen LogP contribution in [0.25, 0.3) is 0 Å². The van der Waals surface area contributed by atoms with Crippen LogP contribution in [0, 0.1) is 24.2 Å². The summed E-state index contributed by atoms with van der Waals surface area (Å²) in [5.74, 6) is 2.21. The SMILES string of the molecule is Cc1cc(Nc2cc(=O)[nH]c(NC3CC4CC(CCC#N)CC(C3)N4)n2)n[nH]1. The van der Waals surface area contributed by atoms with Crippen LogP contribution in [0.15, 0.2) is 16.9 Å². The third-order valence-corrected chi connectivity index (χ3v) is 5.55. The molecule has 4 heterocycles. The Kier molecular flexibility index (Phi) is 5.30. The topological polar surface area (TPSA) is 134 Å². The summed E-state index contributed by atoms with van der Waals surface area (Å²) in [6.45, 7) is 1.91. The van der Waals surface area contributed by atoms with Gasteiger partial charge in [0.1, 0.15) is 5.82 Å². The standard InChI is InChI=1S/C19H26N8O/c1-11-5-17(27-26-11)23-16-10-18(28)25-19(24-16)22-15-8-13-6-12(3-2-4-20)7-14(9-15)21-13/h5,10,12-15,21H,2-3,6-9H2,1H3,(H4,22,23,24,25,26,27,28). The highest BCUT2D eigenvalue weighted by Crippen LogP contribution is 2.33. The number of nitriles is 1. The van der Waals surface area contributed by atoms with Crippen molar-refractivity contribution < 1.29 is 0 Å². The van der Waals surface area contributed by atoms with Crippen LogP contribution in [0.2, 0.25) is 0 Å². The normalized spacial score (nSPS) is 26.4. The minimum atomic E-state index is -0.210. The van der Waals surface area contributed by atoms with Crippen LogP contribution in [0.3, 0.4) is 0 Å². The smallest absolute Gasteiger partial charge is 0.254 e. The van der Waals surface area contributed by atoms with Gasteiger partial charge in [0.25, 0.3) is 5.56 Å². The van der Waals surface area contributed by atoms with E-state index in [2.05, 4.69) is 42.2 Å². The maximum atomic E-state index is 12.0. The van der Waals surface area contributed by atoms with Gasteiger partial charge >= 0.3 is 0 Å². The lowest BCUT2D eigenvalue weighted by Crippen LogP contribution is -2.54. The second kappa shape index (κ2) is 8.02. The van der Waals surface area contributed by atoms with Crippen LogP contribution in [-0.4, -0.2) is 38.3 Å². The average Bonchev–Trinajstić information content (AvgIpc) is 3.03. The number of hydrogen-bond acceptors (Lipinski definition) is 7. The zero-order chi connectivity index (χ0) is 19.5. The molecule has 5 N–H and O–H groups in total. The Morgan fingerprint density at radius 3 is 2.68 bits per heavy atom. The van der Waals surface area contributed by atoms with Crippen molar-refractivity contribution >= 4 is 17.6 Å². The van der Waals surface area contributed by atoms with Gasteiger partial charge in [-0.2, -0.15) is 15.3 Å². The summed E-state index contributed by atoms with van der Waals surface area (Å²) in [7, 11) is 0. The van der Waals surface area contributed by atoms with E-state index in [1.165, 1.54) is 6.07 Å². The number of aryl methyl sites for hydroxylation is 1. The Morgan fingerprint density at radius 2 is 2.00 bits per heavy atom. The molecule has 4 rings (SSSR count). The molecule has 148 valence electrons. The highest BCUT2D eigenvalue weighted by Gasteiger charge is 2.35. The van der Waals surface area contributed by atoms with Crippen molar-refractivity contribution in [3.63, 3.8) is 0 Å². The summed E-state index contributed by atoms with van der Waals surface area (Å²) < 4.78 is 0. The van der Waals surface area contributed by atoms with Gasteiger partial charge in [0.05, 0.1) is 6.07 Å². The Bertz CT molecular complexity index is 899. The Morgan fingerprint density at radius 1 is 1.21 bits per heavy atom. The van der Waals surface area contributed by atoms with Gasteiger partial charge in [0.15, 0.2) is 5.82 Å². The molecule has 0 spiro atoms. The molecule has 0 amide bonds. The molecular formula is C19H26N8O. The minimum absolute atomic E-state index is 0.210. The molecule has 2 fully saturated rings. The molecule has 0 aromatic carbocycles. The molecular weight excluding hydrogens is 356 g/mol. The van der Waals surface area contributed by atoms with Gasteiger partial charge in [-0.05, 0) is 44.9 Å². The lowest BCUT2D eigenvalue weighted by Gasteiger charge is -2.43. The first-order valence-electron chi connectivity index (χ1n) is 9.87. The number of anilines is 3. The van der Waals surface area contributed by atoms with Crippen molar-refractivity contribution in [2.75, 3.05) is 10.6 Å². The van der Waals surface area contributed by atoms with Crippen LogP contribution >= 0.6 is 0 Å². The number of nitrogens with zero attached hydrogens (tertiary/aromatic N) is 3. The van der Waals surface area contributed by atoms with Crippen LogP contribution in [0.4, 0.5) is 17.6 Å². The van der Waals surface area contributed by atoms with E-state index in [1.807, 2.05) is 13.0 Å². The average molecular weight is 382 g/mol. The number of aromatic amines is 2. The number of fused-ring (bicyclic) bond motifs is 2. The zero-order valence-electron chi connectivity index (χ0n) is 16.0. The molecule has 2 aliphatic rings. The second-order valence-electron chi connectivity index (χ2n) is 7.95. The first kappa shape index (κ1) is 18.5. The molecule has 2 unspecified atom stereocenters. The van der Waals surface area contributed by atoms with E-state index in [9.17, 15) is 4.79 Å². The summed E-state index contributed by atoms with van der Waals surface area (Å²) in [6.07, 6.45) is 5.84. The van der Waals surface area contributed by atoms with E-state index in [-0.39, 0.29) is 11.6 Å². The Balaban J connectivity index is 1.40. The van der Waals surface area contributed by atoms with Gasteiger partial charge in [-0.3, -0.25) is 14.9 Å². The van der Waals surface area contributed by atoms with Crippen LogP contribution in [-0.2, 0) is 0 Å². The predicted molar refractivity (Wildman–Crippen MR) is 106 cm³/mol. The van der Waals surface area contributed by atoms with Crippen molar-refractivity contribution in [1.82, 2.24) is 25.5 Å². The molecule has 0 aliphatic carbocycles. The van der Waals surface area contributed by atoms with Crippen molar-refractivity contribution in [1.29, 1.82) is 5.26 Å². The fraction of sp³-hybridized carbons (Fsp3) is 0.579. The van der Waals surface area contributed by atoms with Crippen LogP contribution in [0.1, 0.15) is 44.2 Å². The number of hydrogen-bond donors (Lipinski definition) is 5. The molecule has 0 radical (unpaired) electrons. The van der Waals surface area contributed by atoms with Gasteiger partial charge in [-0.15, -0.1) is 0 Å². The highest BCUT2D eigenvalue weighted by molar-refractivity contribution is 5.52. The molecule has 9 nitrogen and oxygen atoms in total. The maximum Gasteiger partial charge on any atom is 0.254 e. The van der Waals surface area contributed by atoms with E-state index >= 15 is 0 Å². The summed E-state index contributed by atoms with van der Waals surface area (Å²) in [6, 6.07) is 6.71. The second-order valence-corrected chi connectivity index (χ2v) is 7.95. The van der Waals surface area contributed by atoms with Gasteiger partial charge < -0.3 is 16.0 Å². The van der Waals surface area contributed by atoms with Gasteiger partial charge in [0, 0.05) is 42.4 Å². The molecule has 28 heavy (non-hydrogen) atoms. The zero-order valence-corrected chi connectivity index (χ0v) is 16.0. The van der Waals surface area contributed by atoms with E-state index in [1.54, 1.807) is 0 Å². The minimum Gasteiger partial charge on any atom is -0.353 e. The van der Waals surface area contributed by atoms with Gasteiger partial charge in [-0.25, -0.2) is 0 Å². The molecule has 9 heteroatoms. The van der Waals surface area contributed by atoms with E-state index in [0.29, 0.717) is 42.0 Å². The molecule has 2 atom stereocenters. The van der Waals surface area contributed by atoms with Crippen molar-refractivity contribution in [3.05, 3.63) is 28.2 Å². The Labute approximate surface area is 163 Å². The fourth-order valence-electron chi connectivity index (χ4n) is 4.50. The highest BCUT2D eigenvalue weighted by atomic mass is 16.1. The quantitative estimate of drug-likeness (QED) is 0.517. The predicted octanol–water partition coefficient (Wildman–Crippen LogP) is 2.16. The number of aromatic nitrogens is 4. The lowest BCUT2D eigenvalue weighted by molar-refractivity contribution is 0.171. The number of nitrogens with one attached hydrogen (secondary N) is 5. The molecule has 2 aromatic heterocycles. The number of piperidine rings is 2. The fourth-order valence-corrected chi connectivity index (χ4v) is 4.50. The van der Waals surface area contributed by atoms with E-state index in [4.69, 9.17) is 5.26 Å². The van der Waals surface area contributed by atoms with Crippen LogP contribution in [0.5, 0.6) is 0 Å². The molecule has 2 saturated heterocycles. The van der Waals surface area contributed by atoms with Crippen LogP contribution < -0.4 is 21.5 Å². The molecule has 2 aromatic rings. The van der Waals surface area contributed by atoms with Crippen molar-refractivity contribution in [2.45, 2.75) is 63.6 Å². The number of rotatable bonds is 6. The van der Waals surface area contributed by atoms with E-state index < -0.39 is 0 Å². The maximum absolute atomic E-state index is 12.0. The van der Waals surface area contributed by atoms with Crippen molar-refractivity contribution in [2.24, 2.45) is 5.92 Å². The summed E-state index contributed by atoms with van der Waals surface area (Å²) in [4.78, 5) is 19.3. The van der Waals surface area contributed by atoms with Gasteiger partial charge in [-0.1, -0.05) is 0 Å². The first-order valence-corrected chi connectivity index (χ1v) is 9.87. The summed E-state index contributed by atoms with van der Waals surface area (Å²) >= 11 is 0. The monoisotopic (exact) mass is 382 g/mol. The third kappa shape index (κ3) is 4.51. The van der Waals surface area contributed by atoms with Crippen molar-refractivity contribution in [3.8, 4) is 6.07 Å². The summed E-state index contributed by atoms with van der Waals surface area (Å²) in [5, 5.41) is 26.0. The van der Waals surface area contributed by atoms with E-state index in [0.717, 1.165) is 37.8 Å². The number of H-pyrrole nitrogens is 2. The Hall–Kier alpha value is -2.86. The van der Waals surface area contributed by atoms with Gasteiger partial charge in [0.2, 0.25) is 5.95 Å². The molecule has 2 bridgehead atoms. The lowest BCUT2D eigenvalue weighted by atomic mass is 9.77. The first-order chi connectivity index (χ1) is 13.6. The summed E-state index contributed by atoms with van der Waals surface area (Å²) in [5.41, 5.74) is 0.720. The molecule has 0 saturated carbocycles. The molecule has 2 aliphatic heterocycles. The largest absolute Gasteiger partial charge is 0.353 e. The third-order valence-electron chi connectivity index (χ3n) is 5.55.